The molecule has 73 heavy (non-hydrogen) atoms. The average molecular weight is 1060 g/mol. The molecule has 1 unspecified atom stereocenters. The van der Waals surface area contributed by atoms with Crippen molar-refractivity contribution in [1.82, 2.24) is 35.8 Å². The van der Waals surface area contributed by atoms with Gasteiger partial charge in [-0.15, -0.1) is 11.3 Å². The van der Waals surface area contributed by atoms with E-state index in [2.05, 4.69) is 52.5 Å². The Kier molecular flexibility index (Phi) is 19.0. The molecule has 5 aromatic rings. The van der Waals surface area contributed by atoms with E-state index in [-0.39, 0.29) is 37.2 Å². The maximum atomic E-state index is 14.1. The van der Waals surface area contributed by atoms with Gasteiger partial charge in [0.2, 0.25) is 23.7 Å². The third-order valence-electron chi connectivity index (χ3n) is 13.5. The van der Waals surface area contributed by atoms with Gasteiger partial charge in [-0.1, -0.05) is 88.0 Å². The number of rotatable bonds is 22. The number of aliphatic hydroxyl groups is 1. The van der Waals surface area contributed by atoms with Crippen LogP contribution in [0.1, 0.15) is 89.8 Å². The summed E-state index contributed by atoms with van der Waals surface area (Å²) in [6.07, 6.45) is 7.94. The van der Waals surface area contributed by atoms with Gasteiger partial charge in [0.25, 0.3) is 0 Å². The van der Waals surface area contributed by atoms with Crippen LogP contribution < -0.4 is 41.5 Å². The highest BCUT2D eigenvalue weighted by Crippen LogP contribution is 2.39. The summed E-state index contributed by atoms with van der Waals surface area (Å²) in [5.41, 5.74) is 6.63. The number of ether oxygens (including phenoxy) is 1. The molecular weight excluding hydrogens is 983 g/mol. The summed E-state index contributed by atoms with van der Waals surface area (Å²) in [6, 6.07) is 20.2. The van der Waals surface area contributed by atoms with Crippen molar-refractivity contribution in [1.29, 1.82) is 0 Å². The van der Waals surface area contributed by atoms with Crippen LogP contribution in [0.25, 0.3) is 10.4 Å². The van der Waals surface area contributed by atoms with Crippen LogP contribution in [0.15, 0.2) is 78.4 Å². The Morgan fingerprint density at radius 2 is 1.67 bits per heavy atom. The second-order valence-corrected chi connectivity index (χ2v) is 25.0. The summed E-state index contributed by atoms with van der Waals surface area (Å²) >= 11 is 8.07. The number of nitrogens with one attached hydrogen (secondary N) is 5. The molecule has 392 valence electrons. The number of benzene rings is 3. The fraction of sp³-hybridized carbons (Fsp3) is 0.481. The molecule has 0 bridgehead atoms. The van der Waals surface area contributed by atoms with Crippen LogP contribution >= 0.6 is 30.1 Å². The van der Waals surface area contributed by atoms with Crippen molar-refractivity contribution >= 4 is 81.9 Å². The van der Waals surface area contributed by atoms with E-state index in [1.54, 1.807) is 31.8 Å². The molecule has 16 nitrogen and oxygen atoms in total. The van der Waals surface area contributed by atoms with Gasteiger partial charge in [0.15, 0.2) is 5.82 Å². The predicted octanol–water partition coefficient (Wildman–Crippen LogP) is 9.01. The number of aromatic nitrogens is 3. The zero-order valence-corrected chi connectivity index (χ0v) is 45.6. The number of methoxy groups -OCH3 is 1. The van der Waals surface area contributed by atoms with Gasteiger partial charge in [0.1, 0.15) is 30.0 Å². The second-order valence-electron chi connectivity index (χ2n) is 20.6. The van der Waals surface area contributed by atoms with Gasteiger partial charge < -0.3 is 50.8 Å². The molecule has 3 atom stereocenters. The van der Waals surface area contributed by atoms with E-state index in [9.17, 15) is 24.1 Å². The number of thiazole rings is 1. The van der Waals surface area contributed by atoms with Crippen LogP contribution in [0.5, 0.6) is 5.75 Å². The van der Waals surface area contributed by atoms with E-state index in [4.69, 9.17) is 16.3 Å². The molecule has 0 radical (unpaired) electrons. The number of anilines is 5. The Morgan fingerprint density at radius 3 is 2.37 bits per heavy atom. The standard InChI is InChI=1S/C54H72ClN10O6PS/c1-35-48(73-34-59-35)37-20-18-36(19-21-37)31-57-51(68)44-30-40(66)33-65(44)52(69)49(54(2,3)4)62-47(67)17-11-9-8-10-14-26-56-38-24-27-64(28-25-38)39-22-23-42(45(29-39)71-5)61-53-58-32-41(55)50(63-53)60-43-15-12-13-16-46(43)72(6,7)70/h12-13,15-16,18-23,29,32,34,38,40,44,49,56,66H,8-11,14,17,24-28,30-31,33H2,1-7H3,(H,57,68)(H,62,67)(H2,58,60,61,63)/t40-,44+,49?/m1/s1. The molecule has 6 N–H and O–H groups in total. The minimum atomic E-state index is -2.56. The Balaban J connectivity index is 0.787. The number of halogens is 1. The van der Waals surface area contributed by atoms with Crippen molar-refractivity contribution in [2.75, 3.05) is 62.2 Å². The fourth-order valence-electron chi connectivity index (χ4n) is 9.39. The van der Waals surface area contributed by atoms with E-state index < -0.39 is 30.7 Å². The molecule has 3 aromatic carbocycles. The van der Waals surface area contributed by atoms with Gasteiger partial charge in [-0.3, -0.25) is 14.4 Å². The van der Waals surface area contributed by atoms with Crippen LogP contribution in [-0.4, -0.2) is 114 Å². The molecule has 2 aromatic heterocycles. The minimum absolute atomic E-state index is 0.0344. The quantitative estimate of drug-likeness (QED) is 0.0283. The van der Waals surface area contributed by atoms with Gasteiger partial charge in [0, 0.05) is 62.1 Å². The Hall–Kier alpha value is -5.58. The molecule has 2 saturated heterocycles. The number of β-amino-alcohol motifs (C(OH)–C–C–N with tert-alkyl or cyclic N) is 1. The van der Waals surface area contributed by atoms with Crippen molar-refractivity contribution in [2.24, 2.45) is 5.41 Å². The van der Waals surface area contributed by atoms with Crippen molar-refractivity contribution in [3.63, 3.8) is 0 Å². The fourth-order valence-corrected chi connectivity index (χ4v) is 11.5. The number of para-hydroxylation sites is 1. The summed E-state index contributed by atoms with van der Waals surface area (Å²) in [5, 5.41) is 27.9. The number of aryl methyl sites for hydroxylation is 1. The highest BCUT2D eigenvalue weighted by atomic mass is 35.5. The van der Waals surface area contributed by atoms with Crippen LogP contribution in [-0.2, 0) is 25.5 Å². The molecule has 0 spiro atoms. The molecule has 19 heteroatoms. The Labute approximate surface area is 439 Å². The average Bonchev–Trinajstić information content (AvgIpc) is 3.99. The van der Waals surface area contributed by atoms with Crippen molar-refractivity contribution in [3.8, 4) is 16.2 Å². The van der Waals surface area contributed by atoms with Gasteiger partial charge in [-0.2, -0.15) is 4.98 Å². The maximum Gasteiger partial charge on any atom is 0.246 e. The number of hydrogen-bond donors (Lipinski definition) is 6. The molecule has 3 amide bonds. The normalized spacial score (nSPS) is 16.8. The van der Waals surface area contributed by atoms with Gasteiger partial charge in [-0.25, -0.2) is 9.97 Å². The number of amides is 3. The highest BCUT2D eigenvalue weighted by molar-refractivity contribution is 7.70. The van der Waals surface area contributed by atoms with Crippen molar-refractivity contribution in [3.05, 3.63) is 94.7 Å². The molecule has 2 aliphatic rings. The van der Waals surface area contributed by atoms with Crippen LogP contribution in [0.3, 0.4) is 0 Å². The van der Waals surface area contributed by atoms with Crippen molar-refractivity contribution < 1.29 is 28.8 Å². The lowest BCUT2D eigenvalue weighted by Crippen LogP contribution is -2.57. The van der Waals surface area contributed by atoms with E-state index in [1.807, 2.05) is 93.9 Å². The first-order valence-corrected chi connectivity index (χ1v) is 29.2. The lowest BCUT2D eigenvalue weighted by Gasteiger charge is -2.35. The predicted molar refractivity (Wildman–Crippen MR) is 295 cm³/mol. The van der Waals surface area contributed by atoms with E-state index in [0.717, 1.165) is 92.0 Å². The topological polar surface area (TPSA) is 203 Å². The molecule has 0 saturated carbocycles. The first-order chi connectivity index (χ1) is 34.9. The summed E-state index contributed by atoms with van der Waals surface area (Å²) in [5.74, 6) is 0.508. The second kappa shape index (κ2) is 25.1. The SMILES string of the molecule is COc1cc(N2CCC(NCCCCCCCC(=O)NC(C(=O)N3C[C@H](O)C[C@H]3C(=O)NCc3ccc(-c4scnc4C)cc3)C(C)(C)C)CC2)ccc1Nc1ncc(Cl)c(Nc2ccccc2P(C)(C)=O)n1. The summed E-state index contributed by atoms with van der Waals surface area (Å²) in [7, 11) is -0.918. The van der Waals surface area contributed by atoms with E-state index in [0.29, 0.717) is 51.7 Å². The molecule has 2 aliphatic heterocycles. The third-order valence-corrected chi connectivity index (χ3v) is 16.3. The number of carbonyl (C=O) groups excluding carboxylic acids is 3. The summed E-state index contributed by atoms with van der Waals surface area (Å²) in [6.45, 7) is 14.2. The van der Waals surface area contributed by atoms with E-state index in [1.165, 1.54) is 11.1 Å². The summed E-state index contributed by atoms with van der Waals surface area (Å²) < 4.78 is 18.7. The largest absolute Gasteiger partial charge is 0.494 e. The van der Waals surface area contributed by atoms with Gasteiger partial charge in [-0.05, 0) is 93.3 Å². The van der Waals surface area contributed by atoms with Gasteiger partial charge in [0.05, 0.1) is 46.9 Å². The number of nitrogens with zero attached hydrogens (tertiary/aromatic N) is 5. The molecular formula is C54H72ClN10O6PS. The monoisotopic (exact) mass is 1050 g/mol. The first-order valence-electron chi connectivity index (χ1n) is 25.3. The Bertz CT molecular complexity index is 2720. The highest BCUT2D eigenvalue weighted by Gasteiger charge is 2.44. The molecule has 0 aliphatic carbocycles. The molecule has 2 fully saturated rings. The smallest absolute Gasteiger partial charge is 0.246 e. The van der Waals surface area contributed by atoms with Crippen molar-refractivity contribution in [2.45, 2.75) is 116 Å². The minimum Gasteiger partial charge on any atom is -0.494 e. The van der Waals surface area contributed by atoms with Gasteiger partial charge >= 0.3 is 0 Å². The number of unbranched alkanes of at least 4 members (excludes halogenated alkanes) is 4. The van der Waals surface area contributed by atoms with Crippen LogP contribution in [0, 0.1) is 12.3 Å². The van der Waals surface area contributed by atoms with Crippen LogP contribution in [0.2, 0.25) is 5.02 Å². The van der Waals surface area contributed by atoms with Crippen LogP contribution in [0.4, 0.5) is 28.8 Å². The first kappa shape index (κ1) is 55.2. The lowest BCUT2D eigenvalue weighted by molar-refractivity contribution is -0.144. The summed E-state index contributed by atoms with van der Waals surface area (Å²) in [4.78, 5) is 59.1. The number of piperidine rings is 1. The molecule has 7 rings (SSSR count). The zero-order chi connectivity index (χ0) is 52.3. The number of aliphatic hydroxyl groups excluding tert-OH is 1. The number of likely N-dealkylation sites (tertiary alicyclic amines) is 1. The number of carbonyl (C=O) groups is 3. The zero-order valence-electron chi connectivity index (χ0n) is 43.2. The van der Waals surface area contributed by atoms with E-state index >= 15 is 0 Å². The molecule has 4 heterocycles. The number of hydrogen-bond acceptors (Lipinski definition) is 14. The lowest BCUT2D eigenvalue weighted by atomic mass is 9.85. The Morgan fingerprint density at radius 1 is 0.945 bits per heavy atom. The third kappa shape index (κ3) is 15.0. The maximum absolute atomic E-state index is 14.1.